The molecule has 2 N–H and O–H groups in total. The molecule has 0 atom stereocenters. The minimum atomic E-state index is -3.81. The lowest BCUT2D eigenvalue weighted by Crippen LogP contribution is -2.11. The van der Waals surface area contributed by atoms with Crippen molar-refractivity contribution in [3.63, 3.8) is 0 Å². The normalized spacial score (nSPS) is 11.7. The van der Waals surface area contributed by atoms with Crippen molar-refractivity contribution in [1.29, 1.82) is 0 Å². The zero-order valence-electron chi connectivity index (χ0n) is 15.6. The second-order valence-corrected chi connectivity index (χ2v) is 7.73. The highest BCUT2D eigenvalue weighted by molar-refractivity contribution is 7.89. The molecule has 0 bridgehead atoms. The molecule has 0 radical (unpaired) electrons. The van der Waals surface area contributed by atoms with Crippen LogP contribution in [0.5, 0.6) is 0 Å². The fraction of sp³-hybridized carbons (Fsp3) is 0.111. The number of hydrogen-bond donors (Lipinski definition) is 1. The van der Waals surface area contributed by atoms with Crippen molar-refractivity contribution in [2.24, 2.45) is 5.14 Å². The number of halogens is 1. The molecule has 2 heterocycles. The lowest BCUT2D eigenvalue weighted by molar-refractivity contribution is 0.179. The first-order valence-corrected chi connectivity index (χ1v) is 10.1. The fourth-order valence-electron chi connectivity index (χ4n) is 2.78. The number of rotatable bonds is 6. The van der Waals surface area contributed by atoms with Crippen LogP contribution in [0.3, 0.4) is 0 Å². The van der Waals surface area contributed by atoms with Crippen LogP contribution in [-0.4, -0.2) is 40.7 Å². The van der Waals surface area contributed by atoms with Crippen LogP contribution in [0.1, 0.15) is 5.69 Å². The van der Waals surface area contributed by atoms with Crippen molar-refractivity contribution in [2.75, 3.05) is 7.11 Å². The van der Waals surface area contributed by atoms with E-state index in [2.05, 4.69) is 20.5 Å². The Bertz CT molecular complexity index is 1300. The largest absolute Gasteiger partial charge is 0.378 e. The van der Waals surface area contributed by atoms with Crippen LogP contribution in [-0.2, 0) is 21.4 Å². The molecule has 2 aromatic heterocycles. The van der Waals surface area contributed by atoms with Crippen LogP contribution >= 0.6 is 0 Å². The van der Waals surface area contributed by atoms with Crippen LogP contribution in [0.2, 0.25) is 0 Å². The molecule has 0 aliphatic heterocycles. The third-order valence-corrected chi connectivity index (χ3v) is 5.12. The van der Waals surface area contributed by atoms with Gasteiger partial charge in [-0.05, 0) is 36.4 Å². The molecule has 0 spiro atoms. The molecule has 30 heavy (non-hydrogen) atoms. The number of para-hydroxylation sites is 1. The maximum absolute atomic E-state index is 14.2. The van der Waals surface area contributed by atoms with Gasteiger partial charge < -0.3 is 9.26 Å². The smallest absolute Gasteiger partial charge is 0.280 e. The average molecular weight is 430 g/mol. The summed E-state index contributed by atoms with van der Waals surface area (Å²) in [7, 11) is -2.33. The van der Waals surface area contributed by atoms with E-state index in [-0.39, 0.29) is 34.6 Å². The highest BCUT2D eigenvalue weighted by atomic mass is 32.2. The van der Waals surface area contributed by atoms with E-state index >= 15 is 0 Å². The predicted molar refractivity (Wildman–Crippen MR) is 102 cm³/mol. The van der Waals surface area contributed by atoms with Gasteiger partial charge in [0.1, 0.15) is 17.2 Å². The van der Waals surface area contributed by atoms with Crippen molar-refractivity contribution in [2.45, 2.75) is 11.5 Å². The van der Waals surface area contributed by atoms with E-state index in [1.165, 1.54) is 42.1 Å². The number of methoxy groups -OCH3 is 1. The summed E-state index contributed by atoms with van der Waals surface area (Å²) >= 11 is 0. The van der Waals surface area contributed by atoms with Gasteiger partial charge in [0.05, 0.1) is 11.5 Å². The van der Waals surface area contributed by atoms with Gasteiger partial charge in [-0.15, -0.1) is 5.10 Å². The molecule has 0 aliphatic carbocycles. The van der Waals surface area contributed by atoms with Gasteiger partial charge in [0.2, 0.25) is 15.8 Å². The van der Waals surface area contributed by atoms with Gasteiger partial charge in [-0.3, -0.25) is 0 Å². The second kappa shape index (κ2) is 7.74. The summed E-state index contributed by atoms with van der Waals surface area (Å²) in [4.78, 5) is 4.25. The number of aromatic nitrogens is 5. The Morgan fingerprint density at radius 1 is 1.17 bits per heavy atom. The van der Waals surface area contributed by atoms with Crippen molar-refractivity contribution < 1.29 is 22.1 Å². The van der Waals surface area contributed by atoms with Gasteiger partial charge in [-0.1, -0.05) is 22.5 Å². The monoisotopic (exact) mass is 430 g/mol. The number of primary sulfonamides is 1. The highest BCUT2D eigenvalue weighted by Crippen LogP contribution is 2.26. The number of benzene rings is 2. The molecule has 10 nitrogen and oxygen atoms in total. The molecule has 4 aromatic rings. The molecule has 0 saturated heterocycles. The van der Waals surface area contributed by atoms with E-state index in [4.69, 9.17) is 14.4 Å². The van der Waals surface area contributed by atoms with Gasteiger partial charge in [-0.2, -0.15) is 4.98 Å². The second-order valence-electron chi connectivity index (χ2n) is 6.17. The number of nitrogens with zero attached hydrogens (tertiary/aromatic N) is 5. The van der Waals surface area contributed by atoms with Crippen molar-refractivity contribution in [3.8, 4) is 28.7 Å². The van der Waals surface area contributed by atoms with Gasteiger partial charge in [0.25, 0.3) is 5.89 Å². The summed E-state index contributed by atoms with van der Waals surface area (Å²) in [6.45, 7) is 0.0669. The number of hydrogen-bond acceptors (Lipinski definition) is 8. The Kier molecular flexibility index (Phi) is 5.11. The molecule has 0 aliphatic rings. The van der Waals surface area contributed by atoms with E-state index in [9.17, 15) is 12.8 Å². The molecule has 2 aromatic carbocycles. The Morgan fingerprint density at radius 3 is 2.57 bits per heavy atom. The van der Waals surface area contributed by atoms with Crippen LogP contribution < -0.4 is 5.14 Å². The minimum Gasteiger partial charge on any atom is -0.378 e. The van der Waals surface area contributed by atoms with Crippen molar-refractivity contribution >= 4 is 10.0 Å². The molecule has 154 valence electrons. The molecule has 0 amide bonds. The first kappa shape index (κ1) is 19.8. The van der Waals surface area contributed by atoms with Crippen molar-refractivity contribution in [3.05, 3.63) is 60.0 Å². The van der Waals surface area contributed by atoms with E-state index < -0.39 is 15.8 Å². The number of sulfonamides is 1. The third-order valence-electron chi connectivity index (χ3n) is 4.19. The molecule has 0 fully saturated rings. The van der Waals surface area contributed by atoms with Crippen LogP contribution in [0, 0.1) is 5.82 Å². The molecule has 0 unspecified atom stereocenters. The Hall–Kier alpha value is -3.48. The minimum absolute atomic E-state index is 0.0369. The van der Waals surface area contributed by atoms with Gasteiger partial charge in [0.15, 0.2) is 5.69 Å². The van der Waals surface area contributed by atoms with Gasteiger partial charge in [-0.25, -0.2) is 22.6 Å². The molecule has 12 heteroatoms. The van der Waals surface area contributed by atoms with Crippen LogP contribution in [0.15, 0.2) is 57.9 Å². The summed E-state index contributed by atoms with van der Waals surface area (Å²) in [5.41, 5.74) is 1.36. The fourth-order valence-corrected chi connectivity index (χ4v) is 3.30. The Labute approximate surface area is 170 Å². The third kappa shape index (κ3) is 3.70. The molecule has 4 rings (SSSR count). The first-order chi connectivity index (χ1) is 14.4. The quantitative estimate of drug-likeness (QED) is 0.489. The zero-order chi connectivity index (χ0) is 21.3. The maximum Gasteiger partial charge on any atom is 0.280 e. The summed E-state index contributed by atoms with van der Waals surface area (Å²) in [5.74, 6) is -0.225. The number of nitrogens with two attached hydrogens (primary N) is 1. The predicted octanol–water partition coefficient (Wildman–Crippen LogP) is 1.92. The molecule has 0 saturated carbocycles. The van der Waals surface area contributed by atoms with Gasteiger partial charge in [0, 0.05) is 12.7 Å². The zero-order valence-corrected chi connectivity index (χ0v) is 16.4. The van der Waals surface area contributed by atoms with Crippen LogP contribution in [0.4, 0.5) is 4.39 Å². The lowest BCUT2D eigenvalue weighted by Gasteiger charge is -2.06. The maximum atomic E-state index is 14.2. The molecular weight excluding hydrogens is 415 g/mol. The summed E-state index contributed by atoms with van der Waals surface area (Å²) in [5, 5.41) is 17.0. The summed E-state index contributed by atoms with van der Waals surface area (Å²) < 4.78 is 48.8. The summed E-state index contributed by atoms with van der Waals surface area (Å²) in [6, 6.07) is 11.8. The van der Waals surface area contributed by atoms with E-state index in [1.807, 2.05) is 0 Å². The first-order valence-electron chi connectivity index (χ1n) is 8.54. The lowest BCUT2D eigenvalue weighted by atomic mass is 10.2. The SMILES string of the molecule is COCc1c(-c2nc(-c3ccc(S(N)(=O)=O)cc3)no2)nnn1-c1ccccc1F. The van der Waals surface area contributed by atoms with E-state index in [0.717, 1.165) is 0 Å². The standard InChI is InChI=1S/C18H15FN6O4S/c1-28-10-15-16(22-24-25(15)14-5-3-2-4-13(14)19)18-21-17(23-29-18)11-6-8-12(9-7-11)30(20,26)27/h2-9H,10H2,1H3,(H2,20,26,27). The Balaban J connectivity index is 1.72. The van der Waals surface area contributed by atoms with Crippen LogP contribution in [0.25, 0.3) is 28.7 Å². The highest BCUT2D eigenvalue weighted by Gasteiger charge is 2.23. The average Bonchev–Trinajstić information content (AvgIpc) is 3.35. The molecular formula is C18H15FN6O4S. The van der Waals surface area contributed by atoms with E-state index in [0.29, 0.717) is 11.3 Å². The van der Waals surface area contributed by atoms with Crippen molar-refractivity contribution in [1.82, 2.24) is 25.1 Å². The van der Waals surface area contributed by atoms with E-state index in [1.54, 1.807) is 18.2 Å². The Morgan fingerprint density at radius 2 is 1.90 bits per heavy atom. The topological polar surface area (TPSA) is 139 Å². The number of ether oxygens (including phenoxy) is 1. The summed E-state index contributed by atoms with van der Waals surface area (Å²) in [6.07, 6.45) is 0. The van der Waals surface area contributed by atoms with Gasteiger partial charge >= 0.3 is 0 Å².